The zero-order chi connectivity index (χ0) is 24.2. The minimum atomic E-state index is -0.224. The Morgan fingerprint density at radius 2 is 1.91 bits per heavy atom. The van der Waals surface area contributed by atoms with Crippen molar-refractivity contribution in [2.45, 2.75) is 57.5 Å². The number of fused-ring (bicyclic) bond motifs is 1. The highest BCUT2D eigenvalue weighted by molar-refractivity contribution is 5.54. The van der Waals surface area contributed by atoms with Gasteiger partial charge >= 0.3 is 0 Å². The quantitative estimate of drug-likeness (QED) is 0.435. The molecule has 0 aromatic heterocycles. The van der Waals surface area contributed by atoms with Gasteiger partial charge in [0.25, 0.3) is 0 Å². The van der Waals surface area contributed by atoms with Gasteiger partial charge in [0.15, 0.2) is 0 Å². The number of piperidine rings is 1. The van der Waals surface area contributed by atoms with E-state index in [-0.39, 0.29) is 11.9 Å². The normalized spacial score (nSPS) is 19.9. The lowest BCUT2D eigenvalue weighted by atomic mass is 9.87. The van der Waals surface area contributed by atoms with Gasteiger partial charge in [-0.2, -0.15) is 0 Å². The van der Waals surface area contributed by atoms with Crippen molar-refractivity contribution in [2.75, 3.05) is 24.6 Å². The van der Waals surface area contributed by atoms with Gasteiger partial charge in [-0.15, -0.1) is 0 Å². The summed E-state index contributed by atoms with van der Waals surface area (Å²) < 4.78 is 19.7. The van der Waals surface area contributed by atoms with Gasteiger partial charge in [0, 0.05) is 18.3 Å². The Bertz CT molecular complexity index is 1140. The van der Waals surface area contributed by atoms with E-state index in [9.17, 15) is 9.50 Å². The van der Waals surface area contributed by atoms with E-state index in [0.29, 0.717) is 11.8 Å². The number of aromatic hydroxyl groups is 1. The van der Waals surface area contributed by atoms with E-state index >= 15 is 0 Å². The lowest BCUT2D eigenvalue weighted by Gasteiger charge is -2.39. The Kier molecular flexibility index (Phi) is 7.24. The maximum Gasteiger partial charge on any atom is 0.123 e. The van der Waals surface area contributed by atoms with Crippen LogP contribution in [0.2, 0.25) is 0 Å². The fourth-order valence-electron chi connectivity index (χ4n) is 5.57. The number of phenolic OH excluding ortho intramolecular Hbond substituents is 1. The molecular formula is C30H35FN2O2. The fraction of sp³-hybridized carbons (Fsp3) is 0.400. The highest BCUT2D eigenvalue weighted by atomic mass is 19.1. The fourth-order valence-corrected chi connectivity index (χ4v) is 5.57. The van der Waals surface area contributed by atoms with Gasteiger partial charge in [-0.05, 0) is 110 Å². The molecule has 0 aliphatic carbocycles. The second-order valence-electron chi connectivity index (χ2n) is 9.91. The van der Waals surface area contributed by atoms with Gasteiger partial charge in [-0.3, -0.25) is 0 Å². The van der Waals surface area contributed by atoms with Crippen molar-refractivity contribution in [3.8, 4) is 11.5 Å². The smallest absolute Gasteiger partial charge is 0.123 e. The Morgan fingerprint density at radius 1 is 1.06 bits per heavy atom. The van der Waals surface area contributed by atoms with Gasteiger partial charge in [-0.1, -0.05) is 24.6 Å². The number of nitrogens with zero attached hydrogens (tertiary/aromatic N) is 1. The van der Waals surface area contributed by atoms with Crippen molar-refractivity contribution in [1.82, 2.24) is 5.32 Å². The molecule has 2 aliphatic rings. The van der Waals surface area contributed by atoms with Crippen LogP contribution in [0.25, 0.3) is 0 Å². The van der Waals surface area contributed by atoms with Crippen LogP contribution < -0.4 is 15.0 Å². The molecule has 1 saturated heterocycles. The van der Waals surface area contributed by atoms with Crippen LogP contribution >= 0.6 is 0 Å². The van der Waals surface area contributed by atoms with Gasteiger partial charge in [0.05, 0.1) is 12.6 Å². The lowest BCUT2D eigenvalue weighted by Crippen LogP contribution is -2.36. The minimum absolute atomic E-state index is 0.105. The van der Waals surface area contributed by atoms with E-state index in [0.717, 1.165) is 56.0 Å². The number of rotatable bonds is 7. The van der Waals surface area contributed by atoms with E-state index in [1.165, 1.54) is 48.1 Å². The molecule has 4 nitrogen and oxygen atoms in total. The van der Waals surface area contributed by atoms with Crippen LogP contribution in [0.5, 0.6) is 11.5 Å². The molecule has 0 bridgehead atoms. The van der Waals surface area contributed by atoms with Crippen molar-refractivity contribution in [3.63, 3.8) is 0 Å². The van der Waals surface area contributed by atoms with Crippen LogP contribution in [0, 0.1) is 12.7 Å². The van der Waals surface area contributed by atoms with Crippen LogP contribution in [-0.2, 0) is 12.8 Å². The Hall–Kier alpha value is -3.05. The molecule has 2 N–H and O–H groups in total. The summed E-state index contributed by atoms with van der Waals surface area (Å²) >= 11 is 0. The number of hydrogen-bond acceptors (Lipinski definition) is 4. The molecule has 2 aliphatic heterocycles. The SMILES string of the molecule is Cc1cc(CC2c3ccc(O)cc3CCN2c2ccc(F)cc2)ccc1OCCC1CCCCN1. The monoisotopic (exact) mass is 474 g/mol. The number of ether oxygens (including phenoxy) is 1. The first-order valence-corrected chi connectivity index (χ1v) is 12.9. The number of hydrogen-bond donors (Lipinski definition) is 2. The minimum Gasteiger partial charge on any atom is -0.508 e. The molecule has 3 aromatic rings. The number of aryl methyl sites for hydroxylation is 1. The molecular weight excluding hydrogens is 439 g/mol. The second-order valence-corrected chi connectivity index (χ2v) is 9.91. The number of halogens is 1. The van der Waals surface area contributed by atoms with E-state index in [4.69, 9.17) is 4.74 Å². The van der Waals surface area contributed by atoms with Gasteiger partial charge in [0.2, 0.25) is 0 Å². The predicted molar refractivity (Wildman–Crippen MR) is 139 cm³/mol. The van der Waals surface area contributed by atoms with E-state index in [1.54, 1.807) is 6.07 Å². The average molecular weight is 475 g/mol. The first-order valence-electron chi connectivity index (χ1n) is 12.9. The van der Waals surface area contributed by atoms with Crippen molar-refractivity contribution in [3.05, 3.63) is 88.7 Å². The Balaban J connectivity index is 1.33. The number of benzene rings is 3. The molecule has 2 unspecified atom stereocenters. The maximum absolute atomic E-state index is 13.6. The van der Waals surface area contributed by atoms with Crippen molar-refractivity contribution in [2.24, 2.45) is 0 Å². The third-order valence-electron chi connectivity index (χ3n) is 7.45. The molecule has 2 atom stereocenters. The standard InChI is InChI=1S/C30H35FN2O2/c1-21-18-22(5-12-30(21)35-17-14-25-4-2-3-15-32-25)19-29-28-11-10-27(34)20-23(28)13-16-33(29)26-8-6-24(31)7-9-26/h5-12,18,20,25,29,32,34H,2-4,13-17,19H2,1H3. The molecule has 0 amide bonds. The summed E-state index contributed by atoms with van der Waals surface area (Å²) in [4.78, 5) is 2.36. The van der Waals surface area contributed by atoms with Crippen molar-refractivity contribution in [1.29, 1.82) is 0 Å². The molecule has 1 fully saturated rings. The average Bonchev–Trinajstić information content (AvgIpc) is 2.87. The summed E-state index contributed by atoms with van der Waals surface area (Å²) in [5.74, 6) is 1.03. The number of anilines is 1. The summed E-state index contributed by atoms with van der Waals surface area (Å²) in [5, 5.41) is 13.6. The van der Waals surface area contributed by atoms with Gasteiger partial charge in [-0.25, -0.2) is 4.39 Å². The van der Waals surface area contributed by atoms with Crippen LogP contribution in [0.15, 0.2) is 60.7 Å². The zero-order valence-electron chi connectivity index (χ0n) is 20.5. The number of nitrogens with one attached hydrogen (secondary N) is 1. The zero-order valence-corrected chi connectivity index (χ0v) is 20.5. The molecule has 3 aromatic carbocycles. The van der Waals surface area contributed by atoms with Crippen molar-refractivity contribution >= 4 is 5.69 Å². The molecule has 2 heterocycles. The van der Waals surface area contributed by atoms with Crippen LogP contribution in [0.3, 0.4) is 0 Å². The number of phenols is 1. The summed E-state index contributed by atoms with van der Waals surface area (Å²) in [6, 6.07) is 19.6. The van der Waals surface area contributed by atoms with Crippen LogP contribution in [0.1, 0.15) is 54.0 Å². The van der Waals surface area contributed by atoms with Gasteiger partial charge in [0.1, 0.15) is 17.3 Å². The second kappa shape index (κ2) is 10.7. The van der Waals surface area contributed by atoms with Crippen molar-refractivity contribution < 1.29 is 14.2 Å². The van der Waals surface area contributed by atoms with Crippen LogP contribution in [-0.4, -0.2) is 30.8 Å². The molecule has 0 radical (unpaired) electrons. The lowest BCUT2D eigenvalue weighted by molar-refractivity contribution is 0.267. The molecule has 184 valence electrons. The third kappa shape index (κ3) is 5.62. The largest absolute Gasteiger partial charge is 0.508 e. The topological polar surface area (TPSA) is 44.7 Å². The van der Waals surface area contributed by atoms with Gasteiger partial charge < -0.3 is 20.1 Å². The predicted octanol–water partition coefficient (Wildman–Crippen LogP) is 6.10. The molecule has 0 spiro atoms. The molecule has 5 heteroatoms. The molecule has 5 rings (SSSR count). The summed E-state index contributed by atoms with van der Waals surface area (Å²) in [6.07, 6.45) is 6.54. The summed E-state index contributed by atoms with van der Waals surface area (Å²) in [5.41, 5.74) is 5.80. The van der Waals surface area contributed by atoms with E-state index in [1.807, 2.05) is 24.3 Å². The molecule has 0 saturated carbocycles. The Labute approximate surface area is 207 Å². The van der Waals surface area contributed by atoms with Crippen LogP contribution in [0.4, 0.5) is 10.1 Å². The van der Waals surface area contributed by atoms with E-state index in [2.05, 4.69) is 35.3 Å². The summed E-state index contributed by atoms with van der Waals surface area (Å²) in [7, 11) is 0. The highest BCUT2D eigenvalue weighted by Gasteiger charge is 2.28. The third-order valence-corrected chi connectivity index (χ3v) is 7.45. The van der Waals surface area contributed by atoms with E-state index < -0.39 is 0 Å². The first kappa shape index (κ1) is 23.7. The highest BCUT2D eigenvalue weighted by Crippen LogP contribution is 2.38. The molecule has 35 heavy (non-hydrogen) atoms. The maximum atomic E-state index is 13.6. The Morgan fingerprint density at radius 3 is 2.69 bits per heavy atom. The first-order chi connectivity index (χ1) is 17.1. The summed E-state index contributed by atoms with van der Waals surface area (Å²) in [6.45, 7) is 4.79.